The molecule has 2 aromatic carbocycles. The SMILES string of the molecule is COCCN(C)c1cncc(CN2C(=O)c3cccc(c3)S(=O)(=O)Nc3nc(cc(-c4c(C)cccc4C)n3)OC[C@H]2CC(C)(C)C)n1. The topological polar surface area (TPSA) is 140 Å². The van der Waals surface area contributed by atoms with Crippen molar-refractivity contribution in [2.75, 3.05) is 43.5 Å². The van der Waals surface area contributed by atoms with E-state index in [9.17, 15) is 13.2 Å². The molecule has 0 spiro atoms. The molecule has 4 bridgehead atoms. The molecule has 0 unspecified atom stereocenters. The summed E-state index contributed by atoms with van der Waals surface area (Å²) in [5.74, 6) is 0.325. The van der Waals surface area contributed by atoms with E-state index in [0.29, 0.717) is 36.8 Å². The molecule has 1 aliphatic heterocycles. The number of aryl methyl sites for hydroxylation is 2. The van der Waals surface area contributed by atoms with Crippen LogP contribution in [0.15, 0.2) is 65.8 Å². The number of hydrogen-bond acceptors (Lipinski definition) is 10. The third-order valence-corrected chi connectivity index (χ3v) is 9.38. The smallest absolute Gasteiger partial charge is 0.264 e. The molecule has 0 aliphatic carbocycles. The van der Waals surface area contributed by atoms with Gasteiger partial charge < -0.3 is 19.3 Å². The number of rotatable bonds is 8. The molecule has 48 heavy (non-hydrogen) atoms. The molecule has 2 aromatic heterocycles. The van der Waals surface area contributed by atoms with Crippen molar-refractivity contribution >= 4 is 27.7 Å². The maximum Gasteiger partial charge on any atom is 0.264 e. The van der Waals surface area contributed by atoms with E-state index in [1.807, 2.05) is 44.0 Å². The molecule has 1 aliphatic rings. The predicted octanol–water partition coefficient (Wildman–Crippen LogP) is 5.27. The molecule has 0 fully saturated rings. The summed E-state index contributed by atoms with van der Waals surface area (Å²) < 4.78 is 41.5. The average molecular weight is 674 g/mol. The van der Waals surface area contributed by atoms with Crippen LogP contribution < -0.4 is 14.4 Å². The van der Waals surface area contributed by atoms with Crippen LogP contribution in [0.2, 0.25) is 0 Å². The van der Waals surface area contributed by atoms with Crippen LogP contribution in [-0.2, 0) is 21.3 Å². The third-order valence-electron chi connectivity index (χ3n) is 8.06. The molecule has 4 aromatic rings. The predicted molar refractivity (Wildman–Crippen MR) is 185 cm³/mol. The molecule has 12 nitrogen and oxygen atoms in total. The van der Waals surface area contributed by atoms with Gasteiger partial charge in [-0.3, -0.25) is 9.78 Å². The number of aromatic nitrogens is 4. The average Bonchev–Trinajstić information content (AvgIpc) is 3.03. The van der Waals surface area contributed by atoms with Gasteiger partial charge in [0.1, 0.15) is 12.4 Å². The molecule has 0 radical (unpaired) electrons. The van der Waals surface area contributed by atoms with Gasteiger partial charge in [0.05, 0.1) is 47.9 Å². The van der Waals surface area contributed by atoms with Crippen molar-refractivity contribution in [1.29, 1.82) is 0 Å². The summed E-state index contributed by atoms with van der Waals surface area (Å²) >= 11 is 0. The minimum Gasteiger partial charge on any atom is -0.475 e. The van der Waals surface area contributed by atoms with E-state index in [4.69, 9.17) is 14.5 Å². The third kappa shape index (κ3) is 8.26. The number of fused-ring (bicyclic) bond motifs is 4. The number of benzene rings is 2. The first-order valence-corrected chi connectivity index (χ1v) is 17.3. The number of nitrogens with zero attached hydrogens (tertiary/aromatic N) is 6. The Bertz CT molecular complexity index is 1870. The maximum absolute atomic E-state index is 14.4. The summed E-state index contributed by atoms with van der Waals surface area (Å²) in [4.78, 5) is 36.3. The Hall–Kier alpha value is -4.62. The zero-order valence-electron chi connectivity index (χ0n) is 28.5. The summed E-state index contributed by atoms with van der Waals surface area (Å²) in [7, 11) is -0.644. The monoisotopic (exact) mass is 673 g/mol. The summed E-state index contributed by atoms with van der Waals surface area (Å²) in [6.45, 7) is 11.6. The number of hydrogen-bond donors (Lipinski definition) is 1. The number of carbonyl (C=O) groups excluding carboxylic acids is 1. The maximum atomic E-state index is 14.4. The van der Waals surface area contributed by atoms with Crippen molar-refractivity contribution in [3.05, 3.63) is 83.3 Å². The second kappa shape index (κ2) is 14.2. The quantitative estimate of drug-likeness (QED) is 0.263. The van der Waals surface area contributed by atoms with Gasteiger partial charge >= 0.3 is 0 Å². The highest BCUT2D eigenvalue weighted by atomic mass is 32.2. The van der Waals surface area contributed by atoms with Crippen LogP contribution in [-0.4, -0.2) is 79.1 Å². The normalized spacial score (nSPS) is 16.2. The van der Waals surface area contributed by atoms with E-state index in [1.54, 1.807) is 42.6 Å². The first kappa shape index (κ1) is 34.7. The summed E-state index contributed by atoms with van der Waals surface area (Å²) in [6, 6.07) is 13.1. The summed E-state index contributed by atoms with van der Waals surface area (Å²) in [5, 5.41) is 0. The van der Waals surface area contributed by atoms with Gasteiger partial charge in [0.2, 0.25) is 11.8 Å². The van der Waals surface area contributed by atoms with E-state index >= 15 is 0 Å². The summed E-state index contributed by atoms with van der Waals surface area (Å²) in [6.07, 6.45) is 3.87. The molecule has 0 saturated carbocycles. The van der Waals surface area contributed by atoms with Gasteiger partial charge in [-0.15, -0.1) is 0 Å². The molecule has 0 saturated heterocycles. The largest absolute Gasteiger partial charge is 0.475 e. The Kier molecular flexibility index (Phi) is 10.3. The zero-order valence-corrected chi connectivity index (χ0v) is 29.3. The van der Waals surface area contributed by atoms with Crippen molar-refractivity contribution in [2.24, 2.45) is 5.41 Å². The Balaban J connectivity index is 1.64. The Morgan fingerprint density at radius 2 is 1.77 bits per heavy atom. The van der Waals surface area contributed by atoms with Crippen LogP contribution in [0.4, 0.5) is 11.8 Å². The molecule has 1 N–H and O–H groups in total. The van der Waals surface area contributed by atoms with Crippen LogP contribution >= 0.6 is 0 Å². The lowest BCUT2D eigenvalue weighted by atomic mass is 9.87. The minimum atomic E-state index is -4.18. The fourth-order valence-electron chi connectivity index (χ4n) is 5.72. The molecular weight excluding hydrogens is 630 g/mol. The number of anilines is 2. The van der Waals surface area contributed by atoms with Gasteiger partial charge in [0, 0.05) is 37.9 Å². The number of carbonyl (C=O) groups is 1. The van der Waals surface area contributed by atoms with E-state index in [-0.39, 0.29) is 46.8 Å². The van der Waals surface area contributed by atoms with Crippen molar-refractivity contribution in [3.63, 3.8) is 0 Å². The van der Waals surface area contributed by atoms with Gasteiger partial charge in [-0.25, -0.2) is 23.1 Å². The molecule has 1 atom stereocenters. The van der Waals surface area contributed by atoms with Crippen molar-refractivity contribution in [3.8, 4) is 17.1 Å². The number of likely N-dealkylation sites (N-methyl/N-ethyl adjacent to an activating group) is 1. The van der Waals surface area contributed by atoms with Gasteiger partial charge in [0.15, 0.2) is 0 Å². The molecule has 1 amide bonds. The fourth-order valence-corrected chi connectivity index (χ4v) is 6.71. The molecule has 3 heterocycles. The first-order chi connectivity index (χ1) is 22.7. The van der Waals surface area contributed by atoms with Gasteiger partial charge in [-0.2, -0.15) is 4.98 Å². The lowest BCUT2D eigenvalue weighted by Gasteiger charge is -2.35. The highest BCUT2D eigenvalue weighted by Gasteiger charge is 2.32. The molecule has 5 rings (SSSR count). The number of sulfonamides is 1. The Labute approximate surface area is 282 Å². The first-order valence-electron chi connectivity index (χ1n) is 15.8. The molecular formula is C35H43N7O5S. The van der Waals surface area contributed by atoms with Crippen LogP contribution in [0, 0.1) is 19.3 Å². The number of nitrogens with one attached hydrogen (secondary N) is 1. The van der Waals surface area contributed by atoms with Gasteiger partial charge in [-0.05, 0) is 55.0 Å². The van der Waals surface area contributed by atoms with Gasteiger partial charge in [-0.1, -0.05) is 45.0 Å². The van der Waals surface area contributed by atoms with Crippen LogP contribution in [0.3, 0.4) is 0 Å². The lowest BCUT2D eigenvalue weighted by molar-refractivity contribution is 0.0509. The molecule has 254 valence electrons. The Morgan fingerprint density at radius 3 is 2.48 bits per heavy atom. The van der Waals surface area contributed by atoms with Crippen molar-refractivity contribution < 1.29 is 22.7 Å². The van der Waals surface area contributed by atoms with Crippen LogP contribution in [0.5, 0.6) is 5.88 Å². The van der Waals surface area contributed by atoms with E-state index in [0.717, 1.165) is 16.7 Å². The van der Waals surface area contributed by atoms with Gasteiger partial charge in [0.25, 0.3) is 15.9 Å². The zero-order chi connectivity index (χ0) is 34.6. The van der Waals surface area contributed by atoms with E-state index in [1.165, 1.54) is 12.1 Å². The van der Waals surface area contributed by atoms with Crippen LogP contribution in [0.1, 0.15) is 54.4 Å². The molecule has 13 heteroatoms. The van der Waals surface area contributed by atoms with Crippen LogP contribution in [0.25, 0.3) is 11.3 Å². The van der Waals surface area contributed by atoms with Crippen molar-refractivity contribution in [2.45, 2.75) is 58.5 Å². The minimum absolute atomic E-state index is 0.0823. The lowest BCUT2D eigenvalue weighted by Crippen LogP contribution is -2.45. The Morgan fingerprint density at radius 1 is 1.04 bits per heavy atom. The second-order valence-corrected chi connectivity index (χ2v) is 14.9. The number of amides is 1. The highest BCUT2D eigenvalue weighted by Crippen LogP contribution is 2.31. The second-order valence-electron chi connectivity index (χ2n) is 13.3. The summed E-state index contributed by atoms with van der Waals surface area (Å²) in [5.41, 5.74) is 3.88. The number of methoxy groups -OCH3 is 1. The van der Waals surface area contributed by atoms with E-state index < -0.39 is 16.1 Å². The number of ether oxygens (including phenoxy) is 2. The fraction of sp³-hybridized carbons (Fsp3) is 0.400. The van der Waals surface area contributed by atoms with Crippen molar-refractivity contribution in [1.82, 2.24) is 24.8 Å². The van der Waals surface area contributed by atoms with E-state index in [2.05, 4.69) is 40.4 Å². The highest BCUT2D eigenvalue weighted by molar-refractivity contribution is 7.92. The standard InChI is InChI=1S/C35H43N7O5S/c1-23-10-8-11-24(2)32(23)29-17-31-39-34(38-29)40-48(44,45)28-13-9-12-25(16-28)33(43)42(27(22-47-31)18-35(3,4)5)21-26-19-36-20-30(37-26)41(6)14-15-46-7/h8-13,16-17,19-20,27H,14-15,18,21-22H2,1-7H3,(H,38,39,40)/t27-/m1/s1.